The monoisotopic (exact) mass is 460 g/mol. The highest BCUT2D eigenvalue weighted by atomic mass is 16.3. The normalized spacial score (nSPS) is 18.6. The lowest BCUT2D eigenvalue weighted by molar-refractivity contribution is 0.0959. The second-order valence-corrected chi connectivity index (χ2v) is 9.02. The van der Waals surface area contributed by atoms with Crippen LogP contribution in [0.2, 0.25) is 0 Å². The van der Waals surface area contributed by atoms with Gasteiger partial charge in [-0.25, -0.2) is 15.0 Å². The van der Waals surface area contributed by atoms with Crippen LogP contribution < -0.4 is 15.5 Å². The number of aromatic nitrogens is 5. The number of carbonyl (C=O) groups is 1. The number of phenolic OH excluding ortho intramolecular Hbond substituents is 1. The lowest BCUT2D eigenvalue weighted by Gasteiger charge is -2.37. The first kappa shape index (κ1) is 22.0. The average molecular weight is 461 g/mol. The Kier molecular flexibility index (Phi) is 5.32. The molecule has 0 bridgehead atoms. The number of hydrogen-bond acceptors (Lipinski definition) is 8. The molecule has 1 fully saturated rings. The number of amides is 1. The molecular formula is C24H28N8O2. The molecule has 0 saturated carbocycles. The number of piperazine rings is 1. The quantitative estimate of drug-likeness (QED) is 0.425. The number of rotatable bonds is 3. The van der Waals surface area contributed by atoms with E-state index >= 15 is 0 Å². The van der Waals surface area contributed by atoms with Crippen molar-refractivity contribution in [1.29, 1.82) is 0 Å². The highest BCUT2D eigenvalue weighted by molar-refractivity contribution is 6.04. The maximum Gasteiger partial charge on any atom is 0.272 e. The van der Waals surface area contributed by atoms with Gasteiger partial charge < -0.3 is 20.6 Å². The maximum atomic E-state index is 12.8. The number of phenols is 1. The molecule has 0 aliphatic carbocycles. The Balaban J connectivity index is 1.68. The van der Waals surface area contributed by atoms with Crippen molar-refractivity contribution in [2.45, 2.75) is 32.9 Å². The van der Waals surface area contributed by atoms with Crippen molar-refractivity contribution in [1.82, 2.24) is 35.4 Å². The lowest BCUT2D eigenvalue weighted by atomic mass is 10.0. The summed E-state index contributed by atoms with van der Waals surface area (Å²) in [4.78, 5) is 29.1. The molecule has 0 radical (unpaired) electrons. The van der Waals surface area contributed by atoms with Crippen LogP contribution >= 0.6 is 0 Å². The van der Waals surface area contributed by atoms with Crippen LogP contribution in [0.15, 0.2) is 24.4 Å². The summed E-state index contributed by atoms with van der Waals surface area (Å²) in [6.07, 6.45) is 1.87. The van der Waals surface area contributed by atoms with Gasteiger partial charge in [-0.05, 0) is 39.0 Å². The van der Waals surface area contributed by atoms with Gasteiger partial charge in [0.2, 0.25) is 0 Å². The van der Waals surface area contributed by atoms with Crippen LogP contribution in [0.25, 0.3) is 33.3 Å². The van der Waals surface area contributed by atoms with Crippen molar-refractivity contribution in [2.75, 3.05) is 25.0 Å². The zero-order chi connectivity index (χ0) is 24.1. The Morgan fingerprint density at radius 2 is 1.88 bits per heavy atom. The third kappa shape index (κ3) is 3.69. The second-order valence-electron chi connectivity index (χ2n) is 9.02. The number of pyridine rings is 1. The number of fused-ring (bicyclic) bond motifs is 2. The van der Waals surface area contributed by atoms with Crippen molar-refractivity contribution in [2.24, 2.45) is 7.05 Å². The molecule has 2 unspecified atom stereocenters. The second kappa shape index (κ2) is 8.21. The Bertz CT molecular complexity index is 1420. The SMILES string of the molecule is CNC(=O)c1nc(-c2cc3cn(C)nc3c(C)c2O)nc2ccc(N3CC(C)NC(C)C3)nc12. The highest BCUT2D eigenvalue weighted by Gasteiger charge is 2.24. The van der Waals surface area contributed by atoms with Crippen LogP contribution in [0.3, 0.4) is 0 Å². The van der Waals surface area contributed by atoms with Crippen LogP contribution in [0, 0.1) is 6.92 Å². The van der Waals surface area contributed by atoms with Crippen LogP contribution in [-0.4, -0.2) is 68.0 Å². The van der Waals surface area contributed by atoms with Crippen LogP contribution in [0.5, 0.6) is 5.75 Å². The summed E-state index contributed by atoms with van der Waals surface area (Å²) in [7, 11) is 3.39. The molecule has 4 aromatic rings. The van der Waals surface area contributed by atoms with Gasteiger partial charge in [0, 0.05) is 56.4 Å². The molecular weight excluding hydrogens is 432 g/mol. The van der Waals surface area contributed by atoms with Crippen LogP contribution in [0.1, 0.15) is 29.9 Å². The molecule has 1 aliphatic rings. The van der Waals surface area contributed by atoms with E-state index in [9.17, 15) is 9.90 Å². The number of aryl methyl sites for hydroxylation is 2. The number of hydrogen-bond donors (Lipinski definition) is 3. The van der Waals surface area contributed by atoms with Crippen molar-refractivity contribution in [3.63, 3.8) is 0 Å². The Morgan fingerprint density at radius 3 is 2.59 bits per heavy atom. The van der Waals surface area contributed by atoms with Gasteiger partial charge in [0.15, 0.2) is 11.5 Å². The minimum Gasteiger partial charge on any atom is -0.507 e. The fraction of sp³-hybridized carbons (Fsp3) is 0.375. The Labute approximate surface area is 197 Å². The predicted molar refractivity (Wildman–Crippen MR) is 131 cm³/mol. The summed E-state index contributed by atoms with van der Waals surface area (Å²) in [5, 5.41) is 22.4. The zero-order valence-corrected chi connectivity index (χ0v) is 19.9. The maximum absolute atomic E-state index is 12.8. The van der Waals surface area contributed by atoms with Crippen molar-refractivity contribution in [3.8, 4) is 17.1 Å². The number of benzene rings is 1. The largest absolute Gasteiger partial charge is 0.507 e. The zero-order valence-electron chi connectivity index (χ0n) is 19.9. The number of aromatic hydroxyl groups is 1. The fourth-order valence-electron chi connectivity index (χ4n) is 4.70. The Hall–Kier alpha value is -3.79. The van der Waals surface area contributed by atoms with E-state index in [-0.39, 0.29) is 23.2 Å². The molecule has 5 rings (SSSR count). The summed E-state index contributed by atoms with van der Waals surface area (Å²) < 4.78 is 1.70. The first-order valence-electron chi connectivity index (χ1n) is 11.3. The number of nitrogens with one attached hydrogen (secondary N) is 2. The van der Waals surface area contributed by atoms with Gasteiger partial charge in [-0.15, -0.1) is 0 Å². The van der Waals surface area contributed by atoms with E-state index in [2.05, 4.69) is 44.4 Å². The molecule has 176 valence electrons. The van der Waals surface area contributed by atoms with Gasteiger partial charge in [-0.1, -0.05) is 0 Å². The molecule has 1 aliphatic heterocycles. The van der Waals surface area contributed by atoms with E-state index in [1.165, 1.54) is 0 Å². The smallest absolute Gasteiger partial charge is 0.272 e. The van der Waals surface area contributed by atoms with Crippen LogP contribution in [-0.2, 0) is 7.05 Å². The van der Waals surface area contributed by atoms with E-state index in [1.54, 1.807) is 24.7 Å². The Morgan fingerprint density at radius 1 is 1.15 bits per heavy atom. The van der Waals surface area contributed by atoms with Gasteiger partial charge >= 0.3 is 0 Å². The average Bonchev–Trinajstić information content (AvgIpc) is 3.19. The van der Waals surface area contributed by atoms with E-state index in [4.69, 9.17) is 4.98 Å². The van der Waals surface area contributed by atoms with E-state index < -0.39 is 0 Å². The fourth-order valence-corrected chi connectivity index (χ4v) is 4.70. The minimum absolute atomic E-state index is 0.0433. The molecule has 1 aromatic carbocycles. The van der Waals surface area contributed by atoms with Gasteiger partial charge in [0.25, 0.3) is 5.91 Å². The molecule has 3 aromatic heterocycles. The molecule has 1 amide bonds. The van der Waals surface area contributed by atoms with Gasteiger partial charge in [0.1, 0.15) is 17.1 Å². The third-order valence-electron chi connectivity index (χ3n) is 6.21. The van der Waals surface area contributed by atoms with E-state index in [0.29, 0.717) is 39.8 Å². The topological polar surface area (TPSA) is 121 Å². The molecule has 4 heterocycles. The predicted octanol–water partition coefficient (Wildman–Crippen LogP) is 2.14. The molecule has 34 heavy (non-hydrogen) atoms. The summed E-state index contributed by atoms with van der Waals surface area (Å²) in [6, 6.07) is 6.23. The number of anilines is 1. The third-order valence-corrected chi connectivity index (χ3v) is 6.21. The molecule has 0 spiro atoms. The van der Waals surface area contributed by atoms with Gasteiger partial charge in [0.05, 0.1) is 16.6 Å². The van der Waals surface area contributed by atoms with Crippen molar-refractivity contribution < 1.29 is 9.90 Å². The number of nitrogens with zero attached hydrogens (tertiary/aromatic N) is 6. The van der Waals surface area contributed by atoms with Crippen molar-refractivity contribution >= 4 is 33.7 Å². The van der Waals surface area contributed by atoms with E-state index in [0.717, 1.165) is 24.3 Å². The molecule has 3 N–H and O–H groups in total. The van der Waals surface area contributed by atoms with Crippen LogP contribution in [0.4, 0.5) is 5.82 Å². The summed E-state index contributed by atoms with van der Waals surface area (Å²) >= 11 is 0. The summed E-state index contributed by atoms with van der Waals surface area (Å²) in [6.45, 7) is 7.72. The first-order chi connectivity index (χ1) is 16.2. The van der Waals surface area contributed by atoms with Gasteiger partial charge in [-0.3, -0.25) is 9.48 Å². The highest BCUT2D eigenvalue weighted by Crippen LogP contribution is 2.36. The van der Waals surface area contributed by atoms with Crippen molar-refractivity contribution in [3.05, 3.63) is 35.7 Å². The summed E-state index contributed by atoms with van der Waals surface area (Å²) in [5.41, 5.74) is 2.92. The molecule has 10 nitrogen and oxygen atoms in total. The van der Waals surface area contributed by atoms with E-state index in [1.807, 2.05) is 25.4 Å². The summed E-state index contributed by atoms with van der Waals surface area (Å²) in [5.74, 6) is 0.724. The molecule has 1 saturated heterocycles. The standard InChI is InChI=1S/C24H28N8O2/c1-12-9-32(10-13(2)26-12)18-7-6-17-20(28-18)21(24(34)25-4)29-23(27-17)16-8-15-11-31(5)30-19(15)14(3)22(16)33/h6-8,11-13,26,33H,9-10H2,1-5H3,(H,25,34). The number of carbonyl (C=O) groups excluding carboxylic acids is 1. The minimum atomic E-state index is -0.362. The van der Waals surface area contributed by atoms with Gasteiger partial charge in [-0.2, -0.15) is 5.10 Å². The molecule has 10 heteroatoms. The lowest BCUT2D eigenvalue weighted by Crippen LogP contribution is -2.54. The molecule has 2 atom stereocenters. The first-order valence-corrected chi connectivity index (χ1v) is 11.3.